The van der Waals surface area contributed by atoms with E-state index >= 15 is 0 Å². The number of aliphatic imine (C=N–C) groups is 1. The number of hydrogen-bond donors (Lipinski definition) is 0. The van der Waals surface area contributed by atoms with Crippen LogP contribution in [0.5, 0.6) is 0 Å². The number of cyclic esters (lactones) is 1. The molecule has 2 aromatic carbocycles. The molecule has 5 heteroatoms. The zero-order valence-corrected chi connectivity index (χ0v) is 14.4. The Morgan fingerprint density at radius 2 is 1.65 bits per heavy atom. The van der Waals surface area contributed by atoms with Gasteiger partial charge in [0.15, 0.2) is 5.54 Å². The monoisotopic (exact) mass is 349 g/mol. The minimum absolute atomic E-state index is 0.0625. The number of Topliss-reactive ketones (excluding diaryl/α,β-unsaturated/α-hetero) is 1. The van der Waals surface area contributed by atoms with E-state index in [4.69, 9.17) is 14.5 Å². The first-order valence-corrected chi connectivity index (χ1v) is 8.62. The van der Waals surface area contributed by atoms with Crippen LogP contribution >= 0.6 is 0 Å². The number of benzene rings is 2. The molecule has 4 rings (SSSR count). The van der Waals surface area contributed by atoms with Crippen molar-refractivity contribution >= 4 is 17.7 Å². The van der Waals surface area contributed by atoms with Crippen molar-refractivity contribution in [2.24, 2.45) is 4.99 Å². The third-order valence-corrected chi connectivity index (χ3v) is 5.18. The molecule has 1 spiro atoms. The predicted molar refractivity (Wildman–Crippen MR) is 96.0 cm³/mol. The molecular weight excluding hydrogens is 330 g/mol. The lowest BCUT2D eigenvalue weighted by Crippen LogP contribution is -2.55. The minimum atomic E-state index is -1.24. The molecule has 1 saturated carbocycles. The second-order valence-corrected chi connectivity index (χ2v) is 6.63. The quantitative estimate of drug-likeness (QED) is 0.799. The van der Waals surface area contributed by atoms with E-state index in [1.807, 2.05) is 60.7 Å². The van der Waals surface area contributed by atoms with Crippen molar-refractivity contribution in [3.63, 3.8) is 0 Å². The van der Waals surface area contributed by atoms with Gasteiger partial charge < -0.3 is 9.47 Å². The fourth-order valence-electron chi connectivity index (χ4n) is 3.91. The number of esters is 1. The van der Waals surface area contributed by atoms with Gasteiger partial charge in [-0.2, -0.15) is 0 Å². The van der Waals surface area contributed by atoms with Crippen molar-refractivity contribution in [3.8, 4) is 0 Å². The van der Waals surface area contributed by atoms with E-state index in [0.717, 1.165) is 11.1 Å². The zero-order chi connectivity index (χ0) is 18.1. The normalized spacial score (nSPS) is 28.1. The van der Waals surface area contributed by atoms with E-state index in [1.54, 1.807) is 0 Å². The van der Waals surface area contributed by atoms with Gasteiger partial charge in [0.2, 0.25) is 5.90 Å². The summed E-state index contributed by atoms with van der Waals surface area (Å²) in [6.07, 6.45) is -0.256. The Hall–Kier alpha value is -2.79. The maximum absolute atomic E-state index is 13.1. The lowest BCUT2D eigenvalue weighted by molar-refractivity contribution is -0.149. The number of methoxy groups -OCH3 is 1. The molecule has 2 aromatic rings. The Balaban J connectivity index is 1.86. The second-order valence-electron chi connectivity index (χ2n) is 6.63. The summed E-state index contributed by atoms with van der Waals surface area (Å²) in [5, 5.41) is 0. The van der Waals surface area contributed by atoms with Crippen molar-refractivity contribution in [2.75, 3.05) is 7.11 Å². The smallest absolute Gasteiger partial charge is 0.344 e. The Kier molecular flexibility index (Phi) is 4.17. The van der Waals surface area contributed by atoms with Crippen molar-refractivity contribution < 1.29 is 19.1 Å². The molecule has 2 aliphatic rings. The highest BCUT2D eigenvalue weighted by Gasteiger charge is 2.61. The molecule has 0 amide bonds. The number of ketones is 1. The van der Waals surface area contributed by atoms with Crippen LogP contribution in [0.25, 0.3) is 0 Å². The summed E-state index contributed by atoms with van der Waals surface area (Å²) in [5.41, 5.74) is 0.378. The lowest BCUT2D eigenvalue weighted by atomic mass is 9.68. The summed E-state index contributed by atoms with van der Waals surface area (Å²) < 4.78 is 11.2. The maximum atomic E-state index is 13.1. The lowest BCUT2D eigenvalue weighted by Gasteiger charge is -2.40. The number of hydrogen-bond acceptors (Lipinski definition) is 5. The Bertz CT molecular complexity index is 862. The van der Waals surface area contributed by atoms with Crippen molar-refractivity contribution in [3.05, 3.63) is 71.8 Å². The first-order valence-electron chi connectivity index (χ1n) is 8.62. The summed E-state index contributed by atoms with van der Waals surface area (Å²) >= 11 is 0. The topological polar surface area (TPSA) is 65.0 Å². The molecule has 3 atom stereocenters. The van der Waals surface area contributed by atoms with Gasteiger partial charge in [0.1, 0.15) is 11.9 Å². The number of carbonyl (C=O) groups is 2. The third kappa shape index (κ3) is 2.56. The number of carbonyl (C=O) groups excluding carboxylic acids is 2. The van der Waals surface area contributed by atoms with Crippen LogP contribution in [-0.2, 0) is 19.1 Å². The molecule has 0 N–H and O–H groups in total. The van der Waals surface area contributed by atoms with Crippen molar-refractivity contribution in [1.29, 1.82) is 0 Å². The molecule has 0 aromatic heterocycles. The van der Waals surface area contributed by atoms with Gasteiger partial charge >= 0.3 is 5.97 Å². The largest absolute Gasteiger partial charge is 0.405 e. The molecule has 26 heavy (non-hydrogen) atoms. The molecule has 0 saturated heterocycles. The average molecular weight is 349 g/mol. The van der Waals surface area contributed by atoms with Gasteiger partial charge in [0.05, 0.1) is 0 Å². The van der Waals surface area contributed by atoms with Crippen LogP contribution in [0.2, 0.25) is 0 Å². The fourth-order valence-corrected chi connectivity index (χ4v) is 3.91. The molecule has 0 radical (unpaired) electrons. The van der Waals surface area contributed by atoms with Gasteiger partial charge in [-0.05, 0) is 17.7 Å². The summed E-state index contributed by atoms with van der Waals surface area (Å²) in [4.78, 5) is 30.1. The Morgan fingerprint density at radius 1 is 1.00 bits per heavy atom. The minimum Gasteiger partial charge on any atom is -0.405 e. The van der Waals surface area contributed by atoms with Crippen molar-refractivity contribution in [1.82, 2.24) is 0 Å². The van der Waals surface area contributed by atoms with Gasteiger partial charge in [-0.1, -0.05) is 48.5 Å². The van der Waals surface area contributed by atoms with Crippen LogP contribution in [0.4, 0.5) is 0 Å². The molecule has 0 bridgehead atoms. The number of nitrogens with zero attached hydrogens (tertiary/aromatic N) is 1. The molecule has 1 aliphatic carbocycles. The summed E-state index contributed by atoms with van der Waals surface area (Å²) in [6.45, 7) is 0. The van der Waals surface area contributed by atoms with Gasteiger partial charge in [-0.3, -0.25) is 4.79 Å². The number of ether oxygens (including phenoxy) is 2. The summed E-state index contributed by atoms with van der Waals surface area (Å²) in [5.74, 6) is -0.520. The summed E-state index contributed by atoms with van der Waals surface area (Å²) in [6, 6.07) is 18.8. The maximum Gasteiger partial charge on any atom is 0.344 e. The molecule has 3 unspecified atom stereocenters. The van der Waals surface area contributed by atoms with Gasteiger partial charge in [0, 0.05) is 31.4 Å². The Morgan fingerprint density at radius 3 is 2.31 bits per heavy atom. The summed E-state index contributed by atoms with van der Waals surface area (Å²) in [7, 11) is 1.51. The van der Waals surface area contributed by atoms with Crippen LogP contribution in [0.3, 0.4) is 0 Å². The zero-order valence-electron chi connectivity index (χ0n) is 14.4. The van der Waals surface area contributed by atoms with Crippen LogP contribution in [0, 0.1) is 0 Å². The van der Waals surface area contributed by atoms with Crippen LogP contribution in [0.15, 0.2) is 65.7 Å². The number of rotatable bonds is 3. The highest BCUT2D eigenvalue weighted by atomic mass is 16.6. The molecular formula is C21H19NO4. The standard InChI is InChI=1S/C21H19NO4/c1-25-18-13-16(23)12-17(14-8-4-2-5-9-14)21(18)20(24)26-19(22-21)15-10-6-3-7-11-15/h2-11,17-18H,12-13H2,1H3. The molecule has 1 heterocycles. The van der Waals surface area contributed by atoms with E-state index in [2.05, 4.69) is 0 Å². The average Bonchev–Trinajstić information content (AvgIpc) is 3.02. The molecule has 1 aliphatic heterocycles. The van der Waals surface area contributed by atoms with E-state index in [0.29, 0.717) is 0 Å². The highest BCUT2D eigenvalue weighted by molar-refractivity contribution is 6.09. The van der Waals surface area contributed by atoms with Crippen LogP contribution in [-0.4, -0.2) is 36.4 Å². The van der Waals surface area contributed by atoms with E-state index in [1.165, 1.54) is 7.11 Å². The van der Waals surface area contributed by atoms with Gasteiger partial charge in [0.25, 0.3) is 0 Å². The van der Waals surface area contributed by atoms with E-state index in [-0.39, 0.29) is 24.5 Å². The van der Waals surface area contributed by atoms with Gasteiger partial charge in [-0.15, -0.1) is 0 Å². The highest BCUT2D eigenvalue weighted by Crippen LogP contribution is 2.47. The SMILES string of the molecule is COC1CC(=O)CC(c2ccccc2)C12N=C(c1ccccc1)OC2=O. The van der Waals surface area contributed by atoms with E-state index in [9.17, 15) is 9.59 Å². The van der Waals surface area contributed by atoms with Gasteiger partial charge in [-0.25, -0.2) is 9.79 Å². The van der Waals surface area contributed by atoms with Crippen LogP contribution < -0.4 is 0 Å². The van der Waals surface area contributed by atoms with E-state index < -0.39 is 23.5 Å². The second kappa shape index (κ2) is 6.50. The predicted octanol–water partition coefficient (Wildman–Crippen LogP) is 2.89. The molecule has 1 fully saturated rings. The van der Waals surface area contributed by atoms with Crippen LogP contribution in [0.1, 0.15) is 29.9 Å². The molecule has 132 valence electrons. The fraction of sp³-hybridized carbons (Fsp3) is 0.286. The van der Waals surface area contributed by atoms with Crippen molar-refractivity contribution in [2.45, 2.75) is 30.4 Å². The first kappa shape index (κ1) is 16.7. The third-order valence-electron chi connectivity index (χ3n) is 5.18. The molecule has 5 nitrogen and oxygen atoms in total. The first-order chi connectivity index (χ1) is 12.6. The Labute approximate surface area is 151 Å².